The van der Waals surface area contributed by atoms with Crippen molar-refractivity contribution in [2.24, 2.45) is 0 Å². The van der Waals surface area contributed by atoms with Crippen LogP contribution < -0.4 is 11.2 Å². The molecule has 0 unspecified atom stereocenters. The molecule has 2 rings (SSSR count). The number of fused-ring (bicyclic) bond motifs is 1. The van der Waals surface area contributed by atoms with E-state index in [4.69, 9.17) is 10.6 Å². The third kappa shape index (κ3) is 0.729. The van der Waals surface area contributed by atoms with Gasteiger partial charge in [0.05, 0.1) is 0 Å². The molecule has 0 amide bonds. The summed E-state index contributed by atoms with van der Waals surface area (Å²) in [6, 6.07) is 0. The standard InChI is InChI=1S/C5H5N5O2/c6-3-2-4(9-5(11)8-2)10(12)1-7-3/h1,6,12H,(H2,8,9,11). The maximum atomic E-state index is 10.7. The SMILES string of the molecule is N=c1ncn(O)c2[nH]c(=O)[nH]c12. The van der Waals surface area contributed by atoms with Crippen LogP contribution in [0.15, 0.2) is 11.1 Å². The molecule has 0 radical (unpaired) electrons. The highest BCUT2D eigenvalue weighted by atomic mass is 16.5. The fourth-order valence-electron chi connectivity index (χ4n) is 0.952. The maximum absolute atomic E-state index is 10.7. The minimum absolute atomic E-state index is 0.0892. The predicted octanol–water partition coefficient (Wildman–Crippen LogP) is -1.23. The molecule has 0 spiro atoms. The summed E-state index contributed by atoms with van der Waals surface area (Å²) in [6.45, 7) is 0. The molecule has 7 heteroatoms. The average molecular weight is 167 g/mol. The first kappa shape index (κ1) is 6.65. The smallest absolute Gasteiger partial charge is 0.325 e. The molecule has 12 heavy (non-hydrogen) atoms. The monoisotopic (exact) mass is 167 g/mol. The third-order valence-corrected chi connectivity index (χ3v) is 1.47. The lowest BCUT2D eigenvalue weighted by Crippen LogP contribution is -2.10. The Bertz CT molecular complexity index is 532. The zero-order valence-electron chi connectivity index (χ0n) is 5.83. The number of hydrogen-bond acceptors (Lipinski definition) is 4. The molecule has 2 aromatic rings. The summed E-state index contributed by atoms with van der Waals surface area (Å²) in [7, 11) is 0. The molecular weight excluding hydrogens is 162 g/mol. The molecule has 0 bridgehead atoms. The third-order valence-electron chi connectivity index (χ3n) is 1.47. The Balaban J connectivity index is 3.14. The minimum atomic E-state index is -0.477. The van der Waals surface area contributed by atoms with E-state index >= 15 is 0 Å². The summed E-state index contributed by atoms with van der Waals surface area (Å²) in [5.41, 5.74) is -0.243. The van der Waals surface area contributed by atoms with Gasteiger partial charge in [-0.15, -0.1) is 0 Å². The van der Waals surface area contributed by atoms with E-state index in [1.165, 1.54) is 0 Å². The highest BCUT2D eigenvalue weighted by molar-refractivity contribution is 5.67. The van der Waals surface area contributed by atoms with Crippen molar-refractivity contribution >= 4 is 11.2 Å². The van der Waals surface area contributed by atoms with Crippen LogP contribution >= 0.6 is 0 Å². The summed E-state index contributed by atoms with van der Waals surface area (Å²) >= 11 is 0. The molecule has 0 fully saturated rings. The first-order valence-corrected chi connectivity index (χ1v) is 3.12. The number of aromatic amines is 2. The van der Waals surface area contributed by atoms with Gasteiger partial charge in [0.15, 0.2) is 11.1 Å². The highest BCUT2D eigenvalue weighted by Gasteiger charge is 2.03. The highest BCUT2D eigenvalue weighted by Crippen LogP contribution is 1.95. The summed E-state index contributed by atoms with van der Waals surface area (Å²) in [5, 5.41) is 16.3. The van der Waals surface area contributed by atoms with Crippen molar-refractivity contribution < 1.29 is 5.21 Å². The van der Waals surface area contributed by atoms with Crippen molar-refractivity contribution in [2.45, 2.75) is 0 Å². The zero-order valence-corrected chi connectivity index (χ0v) is 5.83. The second-order valence-electron chi connectivity index (χ2n) is 2.24. The van der Waals surface area contributed by atoms with Crippen LogP contribution in [0.3, 0.4) is 0 Å². The molecule has 0 aromatic carbocycles. The molecule has 62 valence electrons. The van der Waals surface area contributed by atoms with Crippen molar-refractivity contribution in [1.82, 2.24) is 19.7 Å². The van der Waals surface area contributed by atoms with Gasteiger partial charge in [-0.3, -0.25) is 10.4 Å². The van der Waals surface area contributed by atoms with Crippen LogP contribution in [-0.2, 0) is 0 Å². The van der Waals surface area contributed by atoms with Crippen molar-refractivity contribution in [2.75, 3.05) is 0 Å². The Labute approximate surface area is 64.8 Å². The van der Waals surface area contributed by atoms with Crippen molar-refractivity contribution in [3.05, 3.63) is 22.3 Å². The Hall–Kier alpha value is -2.05. The molecule has 4 N–H and O–H groups in total. The Morgan fingerprint density at radius 1 is 1.58 bits per heavy atom. The lowest BCUT2D eigenvalue weighted by molar-refractivity contribution is 0.192. The van der Waals surface area contributed by atoms with Crippen LogP contribution in [0.5, 0.6) is 0 Å². The van der Waals surface area contributed by atoms with Gasteiger partial charge in [-0.1, -0.05) is 0 Å². The molecule has 0 aliphatic heterocycles. The number of rotatable bonds is 0. The summed E-state index contributed by atoms with van der Waals surface area (Å²) in [4.78, 5) is 18.9. The fraction of sp³-hybridized carbons (Fsp3) is 0. The molecule has 0 saturated carbocycles. The molecule has 2 heterocycles. The number of nitrogens with one attached hydrogen (secondary N) is 3. The van der Waals surface area contributed by atoms with Gasteiger partial charge >= 0.3 is 5.69 Å². The lowest BCUT2D eigenvalue weighted by Gasteiger charge is -1.94. The summed E-state index contributed by atoms with van der Waals surface area (Å²) < 4.78 is 0.644. The largest absolute Gasteiger partial charge is 0.425 e. The van der Waals surface area contributed by atoms with Crippen molar-refractivity contribution in [3.63, 3.8) is 0 Å². The zero-order chi connectivity index (χ0) is 8.72. The van der Waals surface area contributed by atoms with E-state index in [1.54, 1.807) is 0 Å². The lowest BCUT2D eigenvalue weighted by atomic mass is 10.5. The van der Waals surface area contributed by atoms with Gasteiger partial charge in [0.25, 0.3) is 0 Å². The second-order valence-corrected chi connectivity index (χ2v) is 2.24. The summed E-state index contributed by atoms with van der Waals surface area (Å²) in [5.74, 6) is 0. The molecule has 0 aliphatic carbocycles. The Kier molecular flexibility index (Phi) is 1.09. The number of aromatic nitrogens is 4. The number of nitrogens with zero attached hydrogens (tertiary/aromatic N) is 2. The first-order valence-electron chi connectivity index (χ1n) is 3.12. The first-order chi connectivity index (χ1) is 5.68. The maximum Gasteiger partial charge on any atom is 0.325 e. The molecule has 7 nitrogen and oxygen atoms in total. The van der Waals surface area contributed by atoms with E-state index in [-0.39, 0.29) is 16.7 Å². The van der Waals surface area contributed by atoms with Gasteiger partial charge in [0, 0.05) is 0 Å². The van der Waals surface area contributed by atoms with E-state index in [0.29, 0.717) is 4.73 Å². The van der Waals surface area contributed by atoms with Gasteiger partial charge in [-0.25, -0.2) is 9.78 Å². The van der Waals surface area contributed by atoms with Gasteiger partial charge in [-0.05, 0) is 0 Å². The van der Waals surface area contributed by atoms with Crippen LogP contribution in [0.1, 0.15) is 0 Å². The molecule has 2 aromatic heterocycles. The number of hydrogen-bond donors (Lipinski definition) is 4. The van der Waals surface area contributed by atoms with Crippen molar-refractivity contribution in [3.8, 4) is 0 Å². The summed E-state index contributed by atoms with van der Waals surface area (Å²) in [6.07, 6.45) is 1.04. The van der Waals surface area contributed by atoms with Crippen LogP contribution in [0, 0.1) is 5.41 Å². The Morgan fingerprint density at radius 2 is 2.33 bits per heavy atom. The van der Waals surface area contributed by atoms with Crippen LogP contribution in [-0.4, -0.2) is 24.9 Å². The van der Waals surface area contributed by atoms with Crippen LogP contribution in [0.2, 0.25) is 0 Å². The molecule has 0 saturated heterocycles. The van der Waals surface area contributed by atoms with E-state index in [1.807, 2.05) is 0 Å². The minimum Gasteiger partial charge on any atom is -0.425 e. The van der Waals surface area contributed by atoms with Gasteiger partial charge in [-0.2, -0.15) is 4.73 Å². The second kappa shape index (κ2) is 1.97. The van der Waals surface area contributed by atoms with Crippen molar-refractivity contribution in [1.29, 1.82) is 5.41 Å². The number of H-pyrrole nitrogens is 2. The fourth-order valence-corrected chi connectivity index (χ4v) is 0.952. The Morgan fingerprint density at radius 3 is 3.00 bits per heavy atom. The van der Waals surface area contributed by atoms with Gasteiger partial charge < -0.3 is 10.2 Å². The normalized spacial score (nSPS) is 10.7. The van der Waals surface area contributed by atoms with Gasteiger partial charge in [0.1, 0.15) is 11.8 Å². The van der Waals surface area contributed by atoms with Crippen LogP contribution in [0.4, 0.5) is 0 Å². The number of imidazole rings is 1. The van der Waals surface area contributed by atoms with E-state index in [0.717, 1.165) is 6.33 Å². The van der Waals surface area contributed by atoms with Crippen LogP contribution in [0.25, 0.3) is 11.2 Å². The average Bonchev–Trinajstić information content (AvgIpc) is 2.41. The van der Waals surface area contributed by atoms with E-state index in [9.17, 15) is 4.79 Å². The predicted molar refractivity (Wildman–Crippen MR) is 37.7 cm³/mol. The van der Waals surface area contributed by atoms with Gasteiger partial charge in [0.2, 0.25) is 0 Å². The molecule has 0 atom stereocenters. The molecular formula is C5H5N5O2. The van der Waals surface area contributed by atoms with E-state index in [2.05, 4.69) is 15.0 Å². The topological polar surface area (TPSA) is 111 Å². The molecule has 0 aliphatic rings. The quantitative estimate of drug-likeness (QED) is 0.368. The van der Waals surface area contributed by atoms with E-state index < -0.39 is 5.69 Å².